The van der Waals surface area contributed by atoms with Crippen LogP contribution >= 0.6 is 12.6 Å². The van der Waals surface area contributed by atoms with Crippen LogP contribution in [0.25, 0.3) is 0 Å². The minimum atomic E-state index is -0.0438. The van der Waals surface area contributed by atoms with Crippen molar-refractivity contribution in [3.63, 3.8) is 0 Å². The lowest BCUT2D eigenvalue weighted by atomic mass is 9.89. The molecule has 0 aliphatic rings. The number of nitrogens with two attached hydrogens (primary N) is 1. The van der Waals surface area contributed by atoms with Gasteiger partial charge in [-0.3, -0.25) is 0 Å². The topological polar surface area (TPSA) is 26.0 Å². The predicted molar refractivity (Wildman–Crippen MR) is 56.3 cm³/mol. The summed E-state index contributed by atoms with van der Waals surface area (Å²) in [5.41, 5.74) is 6.03. The van der Waals surface area contributed by atoms with E-state index in [0.29, 0.717) is 5.25 Å². The summed E-state index contributed by atoms with van der Waals surface area (Å²) in [7, 11) is 0. The zero-order valence-corrected chi connectivity index (χ0v) is 8.70. The maximum atomic E-state index is 6.07. The summed E-state index contributed by atoms with van der Waals surface area (Å²) in [4.78, 5) is 0. The molecule has 3 radical (unpaired) electrons. The molecular formula is C8H19BNS. The molecule has 1 unspecified atom stereocenters. The fraction of sp³-hybridized carbons (Fsp3) is 1.00. The Morgan fingerprint density at radius 1 is 1.27 bits per heavy atom. The molecule has 0 aromatic rings. The molecule has 65 valence electrons. The van der Waals surface area contributed by atoms with Crippen LogP contribution in [0.15, 0.2) is 0 Å². The molecule has 1 atom stereocenters. The molecule has 1 nitrogen and oxygen atoms in total. The van der Waals surface area contributed by atoms with Gasteiger partial charge in [-0.25, -0.2) is 0 Å². The van der Waals surface area contributed by atoms with Crippen molar-refractivity contribution in [3.05, 3.63) is 0 Å². The molecule has 0 aromatic carbocycles. The minimum Gasteiger partial charge on any atom is -0.324 e. The summed E-state index contributed by atoms with van der Waals surface area (Å²) in [6.45, 7) is 6.38. The molecule has 11 heavy (non-hydrogen) atoms. The van der Waals surface area contributed by atoms with Gasteiger partial charge in [-0.1, -0.05) is 20.8 Å². The molecule has 0 aliphatic heterocycles. The molecule has 0 spiro atoms. The average Bonchev–Trinajstić information content (AvgIpc) is 2.01. The van der Waals surface area contributed by atoms with E-state index in [1.165, 1.54) is 0 Å². The molecular weight excluding hydrogens is 153 g/mol. The summed E-state index contributed by atoms with van der Waals surface area (Å²) < 4.78 is 0. The molecule has 0 aromatic heterocycles. The van der Waals surface area contributed by atoms with E-state index in [4.69, 9.17) is 5.73 Å². The zero-order chi connectivity index (χ0) is 8.20. The van der Waals surface area contributed by atoms with Crippen molar-refractivity contribution in [1.29, 1.82) is 0 Å². The van der Waals surface area contributed by atoms with Crippen molar-refractivity contribution in [3.8, 4) is 0 Å². The second-order valence-electron chi connectivity index (χ2n) is 2.86. The van der Waals surface area contributed by atoms with E-state index in [-0.39, 0.29) is 14.0 Å². The highest BCUT2D eigenvalue weighted by atomic mass is 32.1. The molecule has 0 saturated heterocycles. The molecule has 2 N–H and O–H groups in total. The lowest BCUT2D eigenvalue weighted by Crippen LogP contribution is -2.46. The smallest absolute Gasteiger partial charge is 0.0266 e. The van der Waals surface area contributed by atoms with Gasteiger partial charge in [0.15, 0.2) is 0 Å². The van der Waals surface area contributed by atoms with Crippen molar-refractivity contribution in [2.24, 2.45) is 5.73 Å². The first-order valence-electron chi connectivity index (χ1n) is 4.07. The zero-order valence-electron chi connectivity index (χ0n) is 7.80. The van der Waals surface area contributed by atoms with Crippen LogP contribution in [0, 0.1) is 0 Å². The summed E-state index contributed by atoms with van der Waals surface area (Å²) in [6, 6.07) is 0. The Bertz CT molecular complexity index is 94.1. The van der Waals surface area contributed by atoms with Crippen molar-refractivity contribution >= 4 is 21.0 Å². The van der Waals surface area contributed by atoms with Gasteiger partial charge in [-0.15, -0.1) is 0 Å². The molecule has 0 saturated carbocycles. The van der Waals surface area contributed by atoms with Gasteiger partial charge in [0.2, 0.25) is 0 Å². The maximum Gasteiger partial charge on any atom is 0.0266 e. The third kappa shape index (κ3) is 3.52. The van der Waals surface area contributed by atoms with Crippen LogP contribution < -0.4 is 5.73 Å². The fourth-order valence-electron chi connectivity index (χ4n) is 1.13. The van der Waals surface area contributed by atoms with Crippen molar-refractivity contribution in [2.45, 2.75) is 50.8 Å². The van der Waals surface area contributed by atoms with Crippen molar-refractivity contribution < 1.29 is 0 Å². The highest BCUT2D eigenvalue weighted by Crippen LogP contribution is 2.22. The molecule has 3 heteroatoms. The van der Waals surface area contributed by atoms with Gasteiger partial charge in [0.25, 0.3) is 0 Å². The van der Waals surface area contributed by atoms with Crippen molar-refractivity contribution in [1.82, 2.24) is 0 Å². The Morgan fingerprint density at radius 3 is 1.73 bits per heavy atom. The van der Waals surface area contributed by atoms with Crippen LogP contribution in [-0.4, -0.2) is 19.2 Å². The molecule has 0 fully saturated rings. The van der Waals surface area contributed by atoms with Gasteiger partial charge in [0.05, 0.1) is 0 Å². The summed E-state index contributed by atoms with van der Waals surface area (Å²) >= 11 is 4.45. The second-order valence-corrected chi connectivity index (χ2v) is 3.49. The van der Waals surface area contributed by atoms with Crippen LogP contribution in [0.4, 0.5) is 0 Å². The third-order valence-electron chi connectivity index (χ3n) is 2.37. The van der Waals surface area contributed by atoms with Crippen LogP contribution in [-0.2, 0) is 0 Å². The van der Waals surface area contributed by atoms with E-state index < -0.39 is 0 Å². The minimum absolute atomic E-state index is 0. The van der Waals surface area contributed by atoms with E-state index in [1.54, 1.807) is 0 Å². The quantitative estimate of drug-likeness (QED) is 0.491. The normalized spacial score (nSPS) is 13.9. The summed E-state index contributed by atoms with van der Waals surface area (Å²) in [6.07, 6.45) is 3.10. The van der Waals surface area contributed by atoms with Crippen molar-refractivity contribution in [2.75, 3.05) is 0 Å². The standard InChI is InChI=1S/C8H19NS.B/c1-4-7(10)8(9,5-2)6-3;/h7,10H,4-6,9H2,1-3H3;. The lowest BCUT2D eigenvalue weighted by Gasteiger charge is -2.32. The number of thiol groups is 1. The average molecular weight is 172 g/mol. The largest absolute Gasteiger partial charge is 0.324 e. The SMILES string of the molecule is CCC(S)C(N)(CC)CC.[B]. The van der Waals surface area contributed by atoms with E-state index in [0.717, 1.165) is 19.3 Å². The van der Waals surface area contributed by atoms with Crippen LogP contribution in [0.3, 0.4) is 0 Å². The van der Waals surface area contributed by atoms with Crippen LogP contribution in [0.5, 0.6) is 0 Å². The molecule has 0 heterocycles. The fourth-order valence-corrected chi connectivity index (χ4v) is 1.49. The molecule has 0 rings (SSSR count). The van der Waals surface area contributed by atoms with Crippen LogP contribution in [0.1, 0.15) is 40.0 Å². The first-order valence-corrected chi connectivity index (χ1v) is 4.59. The predicted octanol–water partition coefficient (Wildman–Crippen LogP) is 1.83. The van der Waals surface area contributed by atoms with Gasteiger partial charge in [0.1, 0.15) is 0 Å². The monoisotopic (exact) mass is 172 g/mol. The number of hydrogen-bond acceptors (Lipinski definition) is 2. The Labute approximate surface area is 78.1 Å². The van der Waals surface area contributed by atoms with E-state index in [1.807, 2.05) is 0 Å². The Balaban J connectivity index is 0. The highest BCUT2D eigenvalue weighted by Gasteiger charge is 2.26. The highest BCUT2D eigenvalue weighted by molar-refractivity contribution is 7.81. The molecule has 0 aliphatic carbocycles. The Morgan fingerprint density at radius 2 is 1.64 bits per heavy atom. The second kappa shape index (κ2) is 5.95. The summed E-state index contributed by atoms with van der Waals surface area (Å²) in [5, 5.41) is 0.350. The molecule has 0 bridgehead atoms. The lowest BCUT2D eigenvalue weighted by molar-refractivity contribution is 0.376. The Kier molecular flexibility index (Phi) is 7.54. The Hall–Kier alpha value is 0.375. The van der Waals surface area contributed by atoms with Crippen LogP contribution in [0.2, 0.25) is 0 Å². The number of hydrogen-bond donors (Lipinski definition) is 2. The first kappa shape index (κ1) is 13.9. The first-order chi connectivity index (χ1) is 4.60. The molecule has 0 amide bonds. The van der Waals surface area contributed by atoms with Gasteiger partial charge in [-0.2, -0.15) is 12.6 Å². The summed E-state index contributed by atoms with van der Waals surface area (Å²) in [5.74, 6) is 0. The van der Waals surface area contributed by atoms with Gasteiger partial charge < -0.3 is 5.73 Å². The van der Waals surface area contributed by atoms with E-state index in [9.17, 15) is 0 Å². The van der Waals surface area contributed by atoms with Gasteiger partial charge in [-0.05, 0) is 19.3 Å². The third-order valence-corrected chi connectivity index (χ3v) is 3.25. The van der Waals surface area contributed by atoms with Gasteiger partial charge in [0, 0.05) is 19.2 Å². The maximum absolute atomic E-state index is 6.07. The van der Waals surface area contributed by atoms with E-state index in [2.05, 4.69) is 33.4 Å². The van der Waals surface area contributed by atoms with Gasteiger partial charge >= 0.3 is 0 Å². The number of rotatable bonds is 4. The van der Waals surface area contributed by atoms with E-state index >= 15 is 0 Å².